The van der Waals surface area contributed by atoms with Crippen LogP contribution in [0.5, 0.6) is 0 Å². The summed E-state index contributed by atoms with van der Waals surface area (Å²) in [4.78, 5) is 72.9. The van der Waals surface area contributed by atoms with E-state index in [0.29, 0.717) is 25.7 Å². The average Bonchev–Trinajstić information content (AvgIpc) is 0.985. The van der Waals surface area contributed by atoms with E-state index in [-0.39, 0.29) is 25.7 Å². The van der Waals surface area contributed by atoms with Crippen molar-refractivity contribution in [3.8, 4) is 0 Å². The summed E-state index contributed by atoms with van der Waals surface area (Å²) >= 11 is 0. The summed E-state index contributed by atoms with van der Waals surface area (Å²) in [6, 6.07) is 0. The van der Waals surface area contributed by atoms with Crippen LogP contribution in [0.2, 0.25) is 0 Å². The van der Waals surface area contributed by atoms with E-state index in [2.05, 4.69) is 137 Å². The molecule has 0 rings (SSSR count). The minimum atomic E-state index is -4.98. The Hall–Kier alpha value is -4.28. The van der Waals surface area contributed by atoms with Crippen molar-refractivity contribution in [3.63, 3.8) is 0 Å². The van der Waals surface area contributed by atoms with E-state index in [1.165, 1.54) is 77.0 Å². The van der Waals surface area contributed by atoms with Crippen LogP contribution in [0.3, 0.4) is 0 Å². The van der Waals surface area contributed by atoms with Crippen molar-refractivity contribution in [3.05, 3.63) is 109 Å². The summed E-state index contributed by atoms with van der Waals surface area (Å²) in [6.07, 6.45) is 77.9. The van der Waals surface area contributed by atoms with Gasteiger partial charge in [-0.25, -0.2) is 9.13 Å². The molecule has 19 heteroatoms. The third kappa shape index (κ3) is 72.1. The van der Waals surface area contributed by atoms with E-state index < -0.39 is 97.5 Å². The SMILES string of the molecule is CC/C=C\C/C=C\C/C=C\C/C=C\C/C=C\CCCCCC(=O)OCC(COP(=O)(O)OCC(O)COP(=O)(O)OCC(COC(=O)CCCCCCC/C=C\C/C=C\C/C=C\CC)OC(=O)CCCCCCC/C=C\CCCC)OC(=O)CCCCCCCCCCCCCCCCC. The summed E-state index contributed by atoms with van der Waals surface area (Å²) in [5, 5.41) is 10.6. The molecule has 0 heterocycles. The number of phosphoric acid groups is 2. The smallest absolute Gasteiger partial charge is 0.462 e. The highest BCUT2D eigenvalue weighted by Gasteiger charge is 2.30. The number of hydrogen-bond donors (Lipinski definition) is 3. The molecule has 0 aliphatic rings. The van der Waals surface area contributed by atoms with E-state index in [1.807, 2.05) is 0 Å². The van der Waals surface area contributed by atoms with Crippen LogP contribution in [0.4, 0.5) is 0 Å². The second kappa shape index (κ2) is 73.0. The number of phosphoric ester groups is 2. The van der Waals surface area contributed by atoms with E-state index in [0.717, 1.165) is 167 Å². The molecule has 0 bridgehead atoms. The van der Waals surface area contributed by atoms with Crippen molar-refractivity contribution in [2.75, 3.05) is 39.6 Å². The van der Waals surface area contributed by atoms with Gasteiger partial charge in [-0.3, -0.25) is 37.3 Å². The Morgan fingerprint density at radius 1 is 0.290 bits per heavy atom. The highest BCUT2D eigenvalue weighted by molar-refractivity contribution is 7.47. The number of carbonyl (C=O) groups excluding carboxylic acids is 4. The van der Waals surface area contributed by atoms with Gasteiger partial charge < -0.3 is 33.8 Å². The van der Waals surface area contributed by atoms with E-state index in [9.17, 15) is 43.2 Å². The molecule has 0 spiro atoms. The Kier molecular flexibility index (Phi) is 69.9. The lowest BCUT2D eigenvalue weighted by Gasteiger charge is -2.21. The molecule has 0 amide bonds. The van der Waals surface area contributed by atoms with Crippen molar-refractivity contribution >= 4 is 39.5 Å². The zero-order valence-electron chi connectivity index (χ0n) is 62.8. The molecule has 5 unspecified atom stereocenters. The number of allylic oxidation sites excluding steroid dienone is 18. The molecule has 0 aliphatic heterocycles. The predicted molar refractivity (Wildman–Crippen MR) is 408 cm³/mol. The number of aliphatic hydroxyl groups excluding tert-OH is 1. The van der Waals surface area contributed by atoms with Crippen molar-refractivity contribution in [2.24, 2.45) is 0 Å². The van der Waals surface area contributed by atoms with Crippen LogP contribution < -0.4 is 0 Å². The summed E-state index contributed by atoms with van der Waals surface area (Å²) < 4.78 is 68.5. The lowest BCUT2D eigenvalue weighted by molar-refractivity contribution is -0.161. The van der Waals surface area contributed by atoms with Gasteiger partial charge in [-0.05, 0) is 122 Å². The summed E-state index contributed by atoms with van der Waals surface area (Å²) in [7, 11) is -9.96. The normalized spacial score (nSPS) is 14.5. The maximum Gasteiger partial charge on any atom is 0.472 e. The molecule has 3 N–H and O–H groups in total. The fourth-order valence-electron chi connectivity index (χ4n) is 10.3. The first kappa shape index (κ1) is 95.7. The van der Waals surface area contributed by atoms with E-state index in [1.54, 1.807) is 0 Å². The van der Waals surface area contributed by atoms with E-state index >= 15 is 0 Å². The van der Waals surface area contributed by atoms with Crippen molar-refractivity contribution in [1.29, 1.82) is 0 Å². The zero-order chi connectivity index (χ0) is 73.2. The first-order chi connectivity index (χ1) is 48.7. The molecule has 0 fully saturated rings. The maximum atomic E-state index is 13.1. The standard InChI is InChI=1S/C81H140O17P2/c1-5-9-13-17-21-25-29-32-35-36-37-38-41-43-47-50-54-58-62-66-79(84)92-72-77(98-81(86)68-64-60-56-52-48-44-40-34-31-27-23-19-15-11-7-3)74-96-100(89,90)94-70-75(82)69-93-99(87,88)95-73-76(97-80(85)67-63-59-55-51-45-28-24-20-16-12-8-4)71-91-78(83)65-61-57-53-49-46-42-39-33-30-26-22-18-14-10-6-2/h9-10,13-14,20-22,24-26,32-33,35,37-39,43,47,75-77,82H,5-8,11-12,15-19,23,27-31,34,36,40-42,44-46,48-74H2,1-4H3,(H,87,88)(H,89,90)/b13-9-,14-10-,24-20-,25-21-,26-22-,35-32-,38-37-,39-33-,47-43-. The summed E-state index contributed by atoms with van der Waals surface area (Å²) in [5.74, 6) is -2.23. The molecular weight excluding hydrogens is 1310 g/mol. The molecule has 100 heavy (non-hydrogen) atoms. The third-order valence-electron chi connectivity index (χ3n) is 16.2. The topological polar surface area (TPSA) is 237 Å². The quantitative estimate of drug-likeness (QED) is 0.0169. The fourth-order valence-corrected chi connectivity index (χ4v) is 11.9. The second-order valence-corrected chi connectivity index (χ2v) is 28.8. The number of ether oxygens (including phenoxy) is 4. The van der Waals surface area contributed by atoms with Gasteiger partial charge in [0.05, 0.1) is 26.4 Å². The Bertz CT molecular complexity index is 2320. The van der Waals surface area contributed by atoms with Gasteiger partial charge in [0.25, 0.3) is 0 Å². The minimum Gasteiger partial charge on any atom is -0.462 e. The van der Waals surface area contributed by atoms with Gasteiger partial charge in [0.1, 0.15) is 19.3 Å². The van der Waals surface area contributed by atoms with Gasteiger partial charge in [0.2, 0.25) is 0 Å². The fraction of sp³-hybridized carbons (Fsp3) is 0.728. The molecule has 576 valence electrons. The lowest BCUT2D eigenvalue weighted by Crippen LogP contribution is -2.30. The van der Waals surface area contributed by atoms with Gasteiger partial charge in [-0.1, -0.05) is 285 Å². The van der Waals surface area contributed by atoms with Crippen LogP contribution in [-0.4, -0.2) is 96.7 Å². The first-order valence-corrected chi connectivity index (χ1v) is 42.1. The van der Waals surface area contributed by atoms with Gasteiger partial charge in [-0.15, -0.1) is 0 Å². The molecule has 0 radical (unpaired) electrons. The monoisotopic (exact) mass is 1450 g/mol. The number of unbranched alkanes of at least 4 members (excludes halogenated alkanes) is 29. The Labute approximate surface area is 607 Å². The highest BCUT2D eigenvalue weighted by atomic mass is 31.2. The Morgan fingerprint density at radius 3 is 0.850 bits per heavy atom. The molecule has 0 aromatic carbocycles. The van der Waals surface area contributed by atoms with Crippen LogP contribution in [-0.2, 0) is 65.4 Å². The van der Waals surface area contributed by atoms with Crippen LogP contribution in [0.1, 0.15) is 323 Å². The molecular formula is C81H140O17P2. The lowest BCUT2D eigenvalue weighted by atomic mass is 10.0. The number of rotatable bonds is 73. The average molecular weight is 1450 g/mol. The van der Waals surface area contributed by atoms with Crippen LogP contribution >= 0.6 is 15.6 Å². The van der Waals surface area contributed by atoms with Crippen molar-refractivity contribution in [2.45, 2.75) is 341 Å². The van der Waals surface area contributed by atoms with Gasteiger partial charge >= 0.3 is 39.5 Å². The van der Waals surface area contributed by atoms with Crippen LogP contribution in [0, 0.1) is 0 Å². The minimum absolute atomic E-state index is 0.0796. The summed E-state index contributed by atoms with van der Waals surface area (Å²) in [5.41, 5.74) is 0. The first-order valence-electron chi connectivity index (χ1n) is 39.1. The number of hydrogen-bond acceptors (Lipinski definition) is 15. The molecule has 0 aromatic rings. The molecule has 17 nitrogen and oxygen atoms in total. The third-order valence-corrected chi connectivity index (χ3v) is 18.1. The van der Waals surface area contributed by atoms with Gasteiger partial charge in [0, 0.05) is 25.7 Å². The highest BCUT2D eigenvalue weighted by Crippen LogP contribution is 2.45. The predicted octanol–water partition coefficient (Wildman–Crippen LogP) is 22.6. The Balaban J connectivity index is 5.36. The molecule has 0 aromatic heterocycles. The van der Waals surface area contributed by atoms with Crippen molar-refractivity contribution < 1.29 is 80.2 Å². The molecule has 0 aliphatic carbocycles. The summed E-state index contributed by atoms with van der Waals surface area (Å²) in [6.45, 7) is 4.57. The van der Waals surface area contributed by atoms with Gasteiger partial charge in [0.15, 0.2) is 12.2 Å². The number of aliphatic hydroxyl groups is 1. The maximum absolute atomic E-state index is 13.1. The molecule has 5 atom stereocenters. The van der Waals surface area contributed by atoms with Crippen LogP contribution in [0.15, 0.2) is 109 Å². The largest absolute Gasteiger partial charge is 0.472 e. The second-order valence-electron chi connectivity index (χ2n) is 25.9. The van der Waals surface area contributed by atoms with Gasteiger partial charge in [-0.2, -0.15) is 0 Å². The Morgan fingerprint density at radius 2 is 0.530 bits per heavy atom. The van der Waals surface area contributed by atoms with Crippen LogP contribution in [0.25, 0.3) is 0 Å². The van der Waals surface area contributed by atoms with Crippen molar-refractivity contribution in [1.82, 2.24) is 0 Å². The molecule has 0 saturated heterocycles. The zero-order valence-corrected chi connectivity index (χ0v) is 64.6. The number of carbonyl (C=O) groups is 4. The van der Waals surface area contributed by atoms with E-state index in [4.69, 9.17) is 37.0 Å². The number of esters is 4. The molecule has 0 saturated carbocycles.